The molecule has 4 nitrogen and oxygen atoms in total. The van der Waals surface area contributed by atoms with Gasteiger partial charge in [-0.25, -0.2) is 0 Å². The van der Waals surface area contributed by atoms with Gasteiger partial charge < -0.3 is 14.6 Å². The zero-order chi connectivity index (χ0) is 14.7. The summed E-state index contributed by atoms with van der Waals surface area (Å²) in [5, 5.41) is 0.0725. The van der Waals surface area contributed by atoms with Crippen LogP contribution in [-0.2, 0) is 11.3 Å². The van der Waals surface area contributed by atoms with Gasteiger partial charge in [0.15, 0.2) is 0 Å². The van der Waals surface area contributed by atoms with E-state index < -0.39 is 0 Å². The Balaban J connectivity index is 1.80. The lowest BCUT2D eigenvalue weighted by molar-refractivity contribution is -0.132. The van der Waals surface area contributed by atoms with E-state index in [1.54, 1.807) is 7.11 Å². The molecule has 1 aliphatic heterocycles. The molecule has 0 bridgehead atoms. The molecule has 0 spiro atoms. The molecule has 1 N–H and O–H groups in total. The van der Waals surface area contributed by atoms with Crippen LogP contribution in [0.3, 0.4) is 0 Å². The monoisotopic (exact) mass is 302 g/mol. The van der Waals surface area contributed by atoms with Crippen LogP contribution in [0.1, 0.15) is 23.1 Å². The van der Waals surface area contributed by atoms with Crippen molar-refractivity contribution in [2.75, 3.05) is 12.9 Å². The molecular formula is C16H18N2O2S. The summed E-state index contributed by atoms with van der Waals surface area (Å²) < 4.78 is 5.17. The molecule has 2 heterocycles. The van der Waals surface area contributed by atoms with Gasteiger partial charge in [-0.05, 0) is 29.8 Å². The van der Waals surface area contributed by atoms with E-state index in [9.17, 15) is 4.79 Å². The number of aromatic amines is 1. The van der Waals surface area contributed by atoms with Gasteiger partial charge in [-0.15, -0.1) is 11.8 Å². The highest BCUT2D eigenvalue weighted by molar-refractivity contribution is 7.99. The Bertz CT molecular complexity index is 595. The van der Waals surface area contributed by atoms with Crippen molar-refractivity contribution in [3.63, 3.8) is 0 Å². The molecule has 5 heteroatoms. The van der Waals surface area contributed by atoms with Gasteiger partial charge in [0.25, 0.3) is 0 Å². The molecule has 1 unspecified atom stereocenters. The molecule has 0 radical (unpaired) electrons. The summed E-state index contributed by atoms with van der Waals surface area (Å²) in [5.41, 5.74) is 2.20. The van der Waals surface area contributed by atoms with Crippen molar-refractivity contribution in [3.05, 3.63) is 53.9 Å². The minimum Gasteiger partial charge on any atom is -0.497 e. The lowest BCUT2D eigenvalue weighted by Gasteiger charge is -2.34. The number of rotatable bonds is 4. The molecule has 21 heavy (non-hydrogen) atoms. The van der Waals surface area contributed by atoms with Crippen LogP contribution in [0.5, 0.6) is 5.75 Å². The number of ether oxygens (including phenoxy) is 1. The summed E-state index contributed by atoms with van der Waals surface area (Å²) in [7, 11) is 1.65. The summed E-state index contributed by atoms with van der Waals surface area (Å²) in [4.78, 5) is 17.5. The number of nitrogens with zero attached hydrogens (tertiary/aromatic N) is 1. The maximum Gasteiger partial charge on any atom is 0.224 e. The third-order valence-corrected chi connectivity index (χ3v) is 4.86. The predicted molar refractivity (Wildman–Crippen MR) is 84.2 cm³/mol. The topological polar surface area (TPSA) is 45.3 Å². The second-order valence-corrected chi connectivity index (χ2v) is 6.16. The molecule has 110 valence electrons. The first-order valence-corrected chi connectivity index (χ1v) is 8.00. The van der Waals surface area contributed by atoms with Gasteiger partial charge in [-0.2, -0.15) is 0 Å². The van der Waals surface area contributed by atoms with Gasteiger partial charge in [0.05, 0.1) is 7.11 Å². The molecule has 1 aliphatic rings. The number of aromatic nitrogens is 1. The number of hydrogen-bond donors (Lipinski definition) is 1. The average Bonchev–Trinajstić information content (AvgIpc) is 3.04. The van der Waals surface area contributed by atoms with Gasteiger partial charge in [0.1, 0.15) is 11.1 Å². The van der Waals surface area contributed by atoms with Gasteiger partial charge in [-0.3, -0.25) is 4.79 Å². The summed E-state index contributed by atoms with van der Waals surface area (Å²) in [6.45, 7) is 0.625. The second kappa shape index (κ2) is 6.26. The Morgan fingerprint density at radius 2 is 2.14 bits per heavy atom. The van der Waals surface area contributed by atoms with E-state index in [-0.39, 0.29) is 11.3 Å². The SMILES string of the molecule is COc1ccc(CN2C(=O)CCSC2c2ccc[nH]2)cc1. The van der Waals surface area contributed by atoms with Crippen LogP contribution in [0.15, 0.2) is 42.6 Å². The maximum atomic E-state index is 12.3. The quantitative estimate of drug-likeness (QED) is 0.943. The van der Waals surface area contributed by atoms with E-state index in [4.69, 9.17) is 4.74 Å². The van der Waals surface area contributed by atoms with E-state index >= 15 is 0 Å². The zero-order valence-electron chi connectivity index (χ0n) is 11.9. The smallest absolute Gasteiger partial charge is 0.224 e. The number of methoxy groups -OCH3 is 1. The first kappa shape index (κ1) is 14.1. The van der Waals surface area contributed by atoms with E-state index in [0.717, 1.165) is 22.8 Å². The van der Waals surface area contributed by atoms with E-state index in [0.29, 0.717) is 13.0 Å². The standard InChI is InChI=1S/C16H18N2O2S/c1-20-13-6-4-12(5-7-13)11-18-15(19)8-10-21-16(18)14-3-2-9-17-14/h2-7,9,16-17H,8,10-11H2,1H3. The number of H-pyrrole nitrogens is 1. The minimum atomic E-state index is 0.0725. The fourth-order valence-corrected chi connectivity index (χ4v) is 3.69. The summed E-state index contributed by atoms with van der Waals surface area (Å²) in [6, 6.07) is 11.9. The molecule has 1 atom stereocenters. The maximum absolute atomic E-state index is 12.3. The molecule has 0 saturated carbocycles. The Hall–Kier alpha value is -1.88. The number of amides is 1. The number of hydrogen-bond acceptors (Lipinski definition) is 3. The number of benzene rings is 1. The van der Waals surface area contributed by atoms with Crippen molar-refractivity contribution in [1.29, 1.82) is 0 Å². The first-order valence-electron chi connectivity index (χ1n) is 6.95. The Morgan fingerprint density at radius 1 is 1.33 bits per heavy atom. The molecule has 1 aromatic carbocycles. The van der Waals surface area contributed by atoms with Crippen molar-refractivity contribution in [2.24, 2.45) is 0 Å². The highest BCUT2D eigenvalue weighted by Crippen LogP contribution is 2.37. The lowest BCUT2D eigenvalue weighted by Crippen LogP contribution is -2.36. The summed E-state index contributed by atoms with van der Waals surface area (Å²) >= 11 is 1.81. The Morgan fingerprint density at radius 3 is 2.81 bits per heavy atom. The van der Waals surface area contributed by atoms with Crippen LogP contribution in [0.4, 0.5) is 0 Å². The summed E-state index contributed by atoms with van der Waals surface area (Å²) in [6.07, 6.45) is 2.51. The number of thioether (sulfide) groups is 1. The normalized spacial score (nSPS) is 18.8. The first-order chi connectivity index (χ1) is 10.3. The highest BCUT2D eigenvalue weighted by Gasteiger charge is 2.30. The summed E-state index contributed by atoms with van der Waals surface area (Å²) in [5.74, 6) is 1.92. The Labute approximate surface area is 128 Å². The molecule has 1 amide bonds. The molecule has 1 fully saturated rings. The van der Waals surface area contributed by atoms with Crippen molar-refractivity contribution in [2.45, 2.75) is 18.3 Å². The minimum absolute atomic E-state index is 0.0725. The predicted octanol–water partition coefficient (Wildman–Crippen LogP) is 3.19. The van der Waals surface area contributed by atoms with Crippen molar-refractivity contribution in [3.8, 4) is 5.75 Å². The number of carbonyl (C=O) groups is 1. The molecular weight excluding hydrogens is 284 g/mol. The third-order valence-electron chi connectivity index (χ3n) is 3.60. The van der Waals surface area contributed by atoms with Crippen LogP contribution in [0.2, 0.25) is 0 Å². The van der Waals surface area contributed by atoms with E-state index in [1.807, 2.05) is 59.3 Å². The van der Waals surface area contributed by atoms with Crippen molar-refractivity contribution in [1.82, 2.24) is 9.88 Å². The van der Waals surface area contributed by atoms with Crippen molar-refractivity contribution >= 4 is 17.7 Å². The molecule has 1 saturated heterocycles. The van der Waals surface area contributed by atoms with Crippen molar-refractivity contribution < 1.29 is 9.53 Å². The second-order valence-electron chi connectivity index (χ2n) is 4.97. The molecule has 2 aromatic rings. The molecule has 1 aromatic heterocycles. The van der Waals surface area contributed by atoms with Gasteiger partial charge in [0, 0.05) is 30.6 Å². The van der Waals surface area contributed by atoms with Crippen LogP contribution >= 0.6 is 11.8 Å². The molecule has 3 rings (SSSR count). The molecule has 0 aliphatic carbocycles. The number of carbonyl (C=O) groups excluding carboxylic acids is 1. The number of nitrogens with one attached hydrogen (secondary N) is 1. The van der Waals surface area contributed by atoms with Crippen LogP contribution in [0, 0.1) is 0 Å². The van der Waals surface area contributed by atoms with Crippen LogP contribution in [-0.4, -0.2) is 28.7 Å². The largest absolute Gasteiger partial charge is 0.497 e. The van der Waals surface area contributed by atoms with Crippen LogP contribution < -0.4 is 4.74 Å². The highest BCUT2D eigenvalue weighted by atomic mass is 32.2. The van der Waals surface area contributed by atoms with Gasteiger partial charge in [-0.1, -0.05) is 12.1 Å². The fraction of sp³-hybridized carbons (Fsp3) is 0.312. The van der Waals surface area contributed by atoms with Gasteiger partial charge in [0.2, 0.25) is 5.91 Å². The van der Waals surface area contributed by atoms with Gasteiger partial charge >= 0.3 is 0 Å². The fourth-order valence-electron chi connectivity index (χ4n) is 2.48. The zero-order valence-corrected chi connectivity index (χ0v) is 12.7. The Kier molecular flexibility index (Phi) is 4.20. The van der Waals surface area contributed by atoms with Crippen LogP contribution in [0.25, 0.3) is 0 Å². The van der Waals surface area contributed by atoms with E-state index in [1.165, 1.54) is 0 Å². The lowest BCUT2D eigenvalue weighted by atomic mass is 10.2. The third kappa shape index (κ3) is 3.08. The van der Waals surface area contributed by atoms with E-state index in [2.05, 4.69) is 4.98 Å². The average molecular weight is 302 g/mol.